The number of Topliss-reactive ketones (excluding diaryl/α,β-unsaturated/α-hetero) is 1. The number of ether oxygens (including phenoxy) is 1. The van der Waals surface area contributed by atoms with E-state index in [0.29, 0.717) is 29.5 Å². The molecule has 0 atom stereocenters. The molecule has 4 fully saturated rings. The topological polar surface area (TPSA) is 57.0 Å². The summed E-state index contributed by atoms with van der Waals surface area (Å²) in [6.45, 7) is 2.61. The van der Waals surface area contributed by atoms with Gasteiger partial charge in [0.15, 0.2) is 11.6 Å². The van der Waals surface area contributed by atoms with Gasteiger partial charge in [0.05, 0.1) is 18.6 Å². The molecule has 4 aliphatic carbocycles. The zero-order chi connectivity index (χ0) is 20.5. The van der Waals surface area contributed by atoms with Gasteiger partial charge in [-0.3, -0.25) is 4.79 Å². The van der Waals surface area contributed by atoms with Gasteiger partial charge in [-0.25, -0.2) is 14.4 Å². The number of hydrogen-bond acceptors (Lipinski definition) is 4. The smallest absolute Gasteiger partial charge is 0.250 e. The van der Waals surface area contributed by atoms with Crippen LogP contribution in [0.4, 0.5) is 4.39 Å². The van der Waals surface area contributed by atoms with Gasteiger partial charge in [-0.2, -0.15) is 0 Å². The summed E-state index contributed by atoms with van der Waals surface area (Å²) in [5, 5.41) is 0. The van der Waals surface area contributed by atoms with Crippen LogP contribution in [-0.2, 0) is 0 Å². The lowest BCUT2D eigenvalue weighted by Gasteiger charge is -2.57. The zero-order valence-electron chi connectivity index (χ0n) is 17.4. The Morgan fingerprint density at radius 1 is 1.23 bits per heavy atom. The molecule has 2 aromatic rings. The summed E-state index contributed by atoms with van der Waals surface area (Å²) in [5.74, 6) is 0.185. The van der Waals surface area contributed by atoms with Crippen LogP contribution in [-0.4, -0.2) is 26.9 Å². The minimum Gasteiger partial charge on any atom is -0.475 e. The van der Waals surface area contributed by atoms with Crippen molar-refractivity contribution in [2.45, 2.75) is 70.3 Å². The molecule has 0 radical (unpaired) electrons. The average molecular weight is 410 g/mol. The highest BCUT2D eigenvalue weighted by Gasteiger charge is 2.55. The van der Waals surface area contributed by atoms with Gasteiger partial charge in [0.1, 0.15) is 0 Å². The van der Waals surface area contributed by atoms with Gasteiger partial charge in [-0.1, -0.05) is 6.92 Å². The van der Waals surface area contributed by atoms with Crippen molar-refractivity contribution in [1.82, 2.24) is 14.5 Å². The molecular formula is C24H28FN3O2. The second-order valence-corrected chi connectivity index (χ2v) is 10.7. The van der Waals surface area contributed by atoms with Crippen LogP contribution in [0.25, 0.3) is 0 Å². The SMILES string of the molecule is CC1(COc2ncc(C(=O)C3CC4(C3)CC(n3cnc(C5CC5)c3)C4)cc2F)CC1. The van der Waals surface area contributed by atoms with Crippen molar-refractivity contribution < 1.29 is 13.9 Å². The maximum Gasteiger partial charge on any atom is 0.250 e. The van der Waals surface area contributed by atoms with Crippen LogP contribution in [0.2, 0.25) is 0 Å². The quantitative estimate of drug-likeness (QED) is 0.598. The van der Waals surface area contributed by atoms with Gasteiger partial charge in [0.2, 0.25) is 5.88 Å². The van der Waals surface area contributed by atoms with Gasteiger partial charge in [-0.05, 0) is 62.8 Å². The predicted molar refractivity (Wildman–Crippen MR) is 109 cm³/mol. The molecule has 0 bridgehead atoms. The monoisotopic (exact) mass is 409 g/mol. The van der Waals surface area contributed by atoms with Crippen LogP contribution in [0.15, 0.2) is 24.8 Å². The van der Waals surface area contributed by atoms with Crippen LogP contribution in [0.1, 0.15) is 86.3 Å². The van der Waals surface area contributed by atoms with Crippen LogP contribution in [0, 0.1) is 22.6 Å². The van der Waals surface area contributed by atoms with Crippen molar-refractivity contribution in [2.24, 2.45) is 16.7 Å². The molecule has 5 nitrogen and oxygen atoms in total. The Balaban J connectivity index is 1.03. The van der Waals surface area contributed by atoms with Crippen LogP contribution >= 0.6 is 0 Å². The first kappa shape index (κ1) is 18.5. The highest BCUT2D eigenvalue weighted by atomic mass is 19.1. The van der Waals surface area contributed by atoms with Gasteiger partial charge in [0, 0.05) is 41.2 Å². The van der Waals surface area contributed by atoms with Crippen molar-refractivity contribution in [1.29, 1.82) is 0 Å². The van der Waals surface area contributed by atoms with Crippen molar-refractivity contribution in [3.8, 4) is 5.88 Å². The van der Waals surface area contributed by atoms with E-state index in [-0.39, 0.29) is 23.0 Å². The summed E-state index contributed by atoms with van der Waals surface area (Å²) in [4.78, 5) is 21.5. The van der Waals surface area contributed by atoms with E-state index in [1.165, 1.54) is 30.8 Å². The Bertz CT molecular complexity index is 994. The van der Waals surface area contributed by atoms with E-state index in [1.54, 1.807) is 0 Å². The average Bonchev–Trinajstić information content (AvgIpc) is 3.59. The van der Waals surface area contributed by atoms with Crippen LogP contribution in [0.5, 0.6) is 5.88 Å². The maximum absolute atomic E-state index is 14.4. The van der Waals surface area contributed by atoms with Crippen LogP contribution < -0.4 is 4.74 Å². The Morgan fingerprint density at radius 3 is 2.67 bits per heavy atom. The normalized spacial score (nSPS) is 31.1. The summed E-state index contributed by atoms with van der Waals surface area (Å²) in [7, 11) is 0. The Labute approximate surface area is 176 Å². The largest absolute Gasteiger partial charge is 0.475 e. The number of ketones is 1. The number of rotatable bonds is 7. The minimum atomic E-state index is -0.533. The van der Waals surface area contributed by atoms with E-state index in [4.69, 9.17) is 4.74 Å². The van der Waals surface area contributed by atoms with Gasteiger partial charge < -0.3 is 9.30 Å². The van der Waals surface area contributed by atoms with E-state index >= 15 is 0 Å². The fourth-order valence-electron chi connectivity index (χ4n) is 5.30. The molecule has 4 saturated carbocycles. The third kappa shape index (κ3) is 3.25. The second-order valence-electron chi connectivity index (χ2n) is 10.7. The number of pyridine rings is 1. The standard InChI is InChI=1S/C24H28FN3O2/c1-23(4-5-23)13-30-22-19(25)6-16(11-26-22)21(29)17-7-24(8-17)9-18(10-24)28-12-20(27-14-28)15-2-3-15/h6,11-12,14-15,17-18H,2-5,7-10,13H2,1H3. The molecule has 0 unspecified atom stereocenters. The van der Waals surface area contributed by atoms with Gasteiger partial charge in [-0.15, -0.1) is 0 Å². The van der Waals surface area contributed by atoms with Crippen molar-refractivity contribution in [3.05, 3.63) is 41.9 Å². The third-order valence-electron chi connectivity index (χ3n) is 7.86. The van der Waals surface area contributed by atoms with Gasteiger partial charge >= 0.3 is 0 Å². The first-order valence-corrected chi connectivity index (χ1v) is 11.3. The van der Waals surface area contributed by atoms with E-state index in [2.05, 4.69) is 27.7 Å². The molecular weight excluding hydrogens is 381 g/mol. The predicted octanol–water partition coefficient (Wildman–Crippen LogP) is 5.09. The third-order valence-corrected chi connectivity index (χ3v) is 7.86. The van der Waals surface area contributed by atoms with E-state index in [1.807, 2.05) is 6.33 Å². The lowest BCUT2D eigenvalue weighted by molar-refractivity contribution is -0.0507. The lowest BCUT2D eigenvalue weighted by Crippen LogP contribution is -2.50. The molecule has 1 spiro atoms. The number of carbonyl (C=O) groups is 1. The molecule has 0 N–H and O–H groups in total. The summed E-state index contributed by atoms with van der Waals surface area (Å²) in [6.07, 6.45) is 14.5. The zero-order valence-corrected chi connectivity index (χ0v) is 17.4. The fraction of sp³-hybridized carbons (Fsp3) is 0.625. The number of imidazole rings is 1. The molecule has 0 aromatic carbocycles. The van der Waals surface area contributed by atoms with E-state index in [0.717, 1.165) is 38.5 Å². The number of hydrogen-bond donors (Lipinski definition) is 0. The summed E-state index contributed by atoms with van der Waals surface area (Å²) < 4.78 is 22.2. The van der Waals surface area contributed by atoms with E-state index < -0.39 is 5.82 Å². The Hall–Kier alpha value is -2.24. The highest BCUT2D eigenvalue weighted by Crippen LogP contribution is 2.63. The van der Waals surface area contributed by atoms with Crippen molar-refractivity contribution in [2.75, 3.05) is 6.61 Å². The first-order valence-electron chi connectivity index (χ1n) is 11.3. The lowest BCUT2D eigenvalue weighted by atomic mass is 9.49. The number of nitrogens with zero attached hydrogens (tertiary/aromatic N) is 3. The Kier molecular flexibility index (Phi) is 3.94. The molecule has 4 aliphatic rings. The summed E-state index contributed by atoms with van der Waals surface area (Å²) >= 11 is 0. The van der Waals surface area contributed by atoms with Gasteiger partial charge in [0.25, 0.3) is 0 Å². The molecule has 2 aromatic heterocycles. The molecule has 6 rings (SSSR count). The summed E-state index contributed by atoms with van der Waals surface area (Å²) in [6, 6.07) is 1.82. The first-order chi connectivity index (χ1) is 14.4. The number of carbonyl (C=O) groups excluding carboxylic acids is 1. The summed E-state index contributed by atoms with van der Waals surface area (Å²) in [5.41, 5.74) is 2.08. The van der Waals surface area contributed by atoms with E-state index in [9.17, 15) is 9.18 Å². The number of halogens is 1. The molecule has 6 heteroatoms. The van der Waals surface area contributed by atoms with Crippen molar-refractivity contribution in [3.63, 3.8) is 0 Å². The second kappa shape index (κ2) is 6.38. The van der Waals surface area contributed by atoms with Crippen molar-refractivity contribution >= 4 is 5.78 Å². The maximum atomic E-state index is 14.4. The molecule has 2 heterocycles. The fourth-order valence-corrected chi connectivity index (χ4v) is 5.30. The molecule has 0 saturated heterocycles. The molecule has 0 amide bonds. The number of aromatic nitrogens is 3. The molecule has 30 heavy (non-hydrogen) atoms. The Morgan fingerprint density at radius 2 is 2.00 bits per heavy atom. The molecule has 158 valence electrons. The molecule has 0 aliphatic heterocycles. The van der Waals surface area contributed by atoms with Crippen LogP contribution in [0.3, 0.4) is 0 Å². The minimum absolute atomic E-state index is 0.00546. The highest BCUT2D eigenvalue weighted by molar-refractivity contribution is 5.98.